The minimum atomic E-state index is -0.142. The van der Waals surface area contributed by atoms with Crippen LogP contribution in [0.1, 0.15) is 30.6 Å². The molecule has 8 heteroatoms. The van der Waals surface area contributed by atoms with Gasteiger partial charge in [0.05, 0.1) is 17.4 Å². The van der Waals surface area contributed by atoms with Crippen LogP contribution < -0.4 is 4.74 Å². The molecule has 0 saturated carbocycles. The van der Waals surface area contributed by atoms with Gasteiger partial charge in [-0.25, -0.2) is 0 Å². The fraction of sp³-hybridized carbons (Fsp3) is 0.238. The lowest BCUT2D eigenvalue weighted by molar-refractivity contribution is 0.340. The van der Waals surface area contributed by atoms with Crippen LogP contribution in [0.2, 0.25) is 0 Å². The number of aromatic nitrogens is 4. The van der Waals surface area contributed by atoms with Gasteiger partial charge >= 0.3 is 0 Å². The molecule has 0 saturated heterocycles. The molecule has 148 valence electrons. The van der Waals surface area contributed by atoms with Crippen LogP contribution in [0.3, 0.4) is 0 Å². The third-order valence-corrected chi connectivity index (χ3v) is 5.08. The molecule has 1 atom stereocenters. The molecule has 0 aliphatic rings. The van der Waals surface area contributed by atoms with Crippen LogP contribution in [0.15, 0.2) is 62.6 Å². The number of ether oxygens (including phenoxy) is 1. The van der Waals surface area contributed by atoms with E-state index in [1.165, 1.54) is 11.8 Å². The van der Waals surface area contributed by atoms with E-state index >= 15 is 0 Å². The van der Waals surface area contributed by atoms with Crippen LogP contribution >= 0.6 is 11.8 Å². The van der Waals surface area contributed by atoms with Crippen molar-refractivity contribution in [1.29, 1.82) is 0 Å². The topological polar surface area (TPSA) is 87.1 Å². The fourth-order valence-electron chi connectivity index (χ4n) is 2.79. The minimum Gasteiger partial charge on any atom is -0.493 e. The van der Waals surface area contributed by atoms with Gasteiger partial charge in [-0.2, -0.15) is 0 Å². The second-order valence-corrected chi connectivity index (χ2v) is 7.67. The summed E-state index contributed by atoms with van der Waals surface area (Å²) < 4.78 is 17.3. The molecule has 2 heterocycles. The molecule has 29 heavy (non-hydrogen) atoms. The first-order chi connectivity index (χ1) is 14.1. The van der Waals surface area contributed by atoms with Crippen LogP contribution in [0.4, 0.5) is 0 Å². The maximum Gasteiger partial charge on any atom is 0.277 e. The highest BCUT2D eigenvalue weighted by Crippen LogP contribution is 2.37. The van der Waals surface area contributed by atoms with Crippen molar-refractivity contribution in [1.82, 2.24) is 20.4 Å². The number of hydrogen-bond acceptors (Lipinski definition) is 8. The van der Waals surface area contributed by atoms with E-state index in [1.54, 1.807) is 0 Å². The average Bonchev–Trinajstić information content (AvgIpc) is 3.39. The van der Waals surface area contributed by atoms with Crippen molar-refractivity contribution < 1.29 is 13.6 Å². The molecule has 4 aromatic rings. The number of para-hydroxylation sites is 1. The zero-order chi connectivity index (χ0) is 20.2. The standard InChI is InChI=1S/C21H20N4O3S/c1-4-26-17-11-6-5-10-16(17)20-24-25-21(28-20)29-14(3)18-22-23-19(27-18)15-9-7-8-13(2)12-15/h5-12,14H,4H2,1-3H3/t14-/m1/s1. The number of benzene rings is 2. The Hall–Kier alpha value is -3.13. The van der Waals surface area contributed by atoms with Crippen molar-refractivity contribution in [2.45, 2.75) is 31.2 Å². The predicted molar refractivity (Wildman–Crippen MR) is 110 cm³/mol. The largest absolute Gasteiger partial charge is 0.493 e. The van der Waals surface area contributed by atoms with Crippen molar-refractivity contribution in [2.75, 3.05) is 6.61 Å². The van der Waals surface area contributed by atoms with E-state index in [2.05, 4.69) is 20.4 Å². The monoisotopic (exact) mass is 408 g/mol. The van der Waals surface area contributed by atoms with Gasteiger partial charge in [-0.05, 0) is 45.0 Å². The highest BCUT2D eigenvalue weighted by molar-refractivity contribution is 7.99. The Labute approximate surface area is 172 Å². The summed E-state index contributed by atoms with van der Waals surface area (Å²) in [6.07, 6.45) is 0. The van der Waals surface area contributed by atoms with Gasteiger partial charge in [-0.15, -0.1) is 20.4 Å². The van der Waals surface area contributed by atoms with Gasteiger partial charge in [0, 0.05) is 5.56 Å². The quantitative estimate of drug-likeness (QED) is 0.378. The molecule has 0 N–H and O–H groups in total. The van der Waals surface area contributed by atoms with Crippen LogP contribution in [0, 0.1) is 6.92 Å². The van der Waals surface area contributed by atoms with Crippen molar-refractivity contribution in [3.8, 4) is 28.7 Å². The third-order valence-electron chi connectivity index (χ3n) is 4.15. The summed E-state index contributed by atoms with van der Waals surface area (Å²) in [7, 11) is 0. The maximum absolute atomic E-state index is 5.85. The van der Waals surface area contributed by atoms with E-state index in [0.29, 0.717) is 35.3 Å². The van der Waals surface area contributed by atoms with E-state index in [1.807, 2.05) is 69.3 Å². The van der Waals surface area contributed by atoms with E-state index in [9.17, 15) is 0 Å². The highest BCUT2D eigenvalue weighted by Gasteiger charge is 2.20. The van der Waals surface area contributed by atoms with Crippen molar-refractivity contribution >= 4 is 11.8 Å². The summed E-state index contributed by atoms with van der Waals surface area (Å²) in [5.74, 6) is 2.12. The maximum atomic E-state index is 5.85. The van der Waals surface area contributed by atoms with Crippen LogP contribution in [-0.2, 0) is 0 Å². The predicted octanol–water partition coefficient (Wildman–Crippen LogP) is 5.35. The summed E-state index contributed by atoms with van der Waals surface area (Å²) in [4.78, 5) is 0. The van der Waals surface area contributed by atoms with Crippen LogP contribution in [-0.4, -0.2) is 27.0 Å². The normalized spacial score (nSPS) is 12.1. The Morgan fingerprint density at radius 3 is 2.62 bits per heavy atom. The Bertz CT molecular complexity index is 1110. The first-order valence-corrected chi connectivity index (χ1v) is 10.1. The van der Waals surface area contributed by atoms with Crippen LogP contribution in [0.5, 0.6) is 5.75 Å². The number of hydrogen-bond donors (Lipinski definition) is 0. The summed E-state index contributed by atoms with van der Waals surface area (Å²) in [5, 5.41) is 16.9. The highest BCUT2D eigenvalue weighted by atomic mass is 32.2. The SMILES string of the molecule is CCOc1ccccc1-c1nnc(S[C@H](C)c2nnc(-c3cccc(C)c3)o2)o1. The van der Waals surface area contributed by atoms with Gasteiger partial charge in [-0.3, -0.25) is 0 Å². The van der Waals surface area contributed by atoms with E-state index in [0.717, 1.165) is 16.7 Å². The van der Waals surface area contributed by atoms with Gasteiger partial charge in [0.1, 0.15) is 5.75 Å². The van der Waals surface area contributed by atoms with Gasteiger partial charge in [-0.1, -0.05) is 41.6 Å². The second kappa shape index (κ2) is 8.48. The fourth-order valence-corrected chi connectivity index (χ4v) is 3.50. The lowest BCUT2D eigenvalue weighted by atomic mass is 10.1. The summed E-state index contributed by atoms with van der Waals surface area (Å²) >= 11 is 1.37. The molecule has 0 aliphatic heterocycles. The van der Waals surface area contributed by atoms with Gasteiger partial charge in [0.2, 0.25) is 11.8 Å². The molecule has 2 aromatic heterocycles. The molecule has 0 fully saturated rings. The zero-order valence-electron chi connectivity index (χ0n) is 16.3. The number of thioether (sulfide) groups is 1. The molecule has 0 amide bonds. The lowest BCUT2D eigenvalue weighted by Crippen LogP contribution is -1.93. The Balaban J connectivity index is 1.50. The molecule has 0 radical (unpaired) electrons. The summed E-state index contributed by atoms with van der Waals surface area (Å²) in [6, 6.07) is 15.5. The van der Waals surface area contributed by atoms with E-state index in [-0.39, 0.29) is 5.25 Å². The average molecular weight is 408 g/mol. The lowest BCUT2D eigenvalue weighted by Gasteiger charge is -2.06. The number of nitrogens with zero attached hydrogens (tertiary/aromatic N) is 4. The third kappa shape index (κ3) is 4.32. The number of rotatable bonds is 7. The van der Waals surface area contributed by atoms with E-state index in [4.69, 9.17) is 13.6 Å². The summed E-state index contributed by atoms with van der Waals surface area (Å²) in [5.41, 5.74) is 2.80. The smallest absolute Gasteiger partial charge is 0.277 e. The van der Waals surface area contributed by atoms with Gasteiger partial charge in [0.15, 0.2) is 0 Å². The Morgan fingerprint density at radius 1 is 0.966 bits per heavy atom. The molecule has 7 nitrogen and oxygen atoms in total. The molecular weight excluding hydrogens is 388 g/mol. The minimum absolute atomic E-state index is 0.142. The molecule has 0 aliphatic carbocycles. The van der Waals surface area contributed by atoms with Gasteiger partial charge < -0.3 is 13.6 Å². The molecule has 0 spiro atoms. The van der Waals surface area contributed by atoms with Crippen LogP contribution in [0.25, 0.3) is 22.9 Å². The zero-order valence-corrected chi connectivity index (χ0v) is 17.1. The first kappa shape index (κ1) is 19.2. The number of aryl methyl sites for hydroxylation is 1. The molecular formula is C21H20N4O3S. The van der Waals surface area contributed by atoms with Crippen molar-refractivity contribution in [3.63, 3.8) is 0 Å². The van der Waals surface area contributed by atoms with Gasteiger partial charge in [0.25, 0.3) is 11.1 Å². The molecule has 0 bridgehead atoms. The molecule has 2 aromatic carbocycles. The molecule has 4 rings (SSSR count). The Kier molecular flexibility index (Phi) is 5.62. The van der Waals surface area contributed by atoms with E-state index < -0.39 is 0 Å². The first-order valence-electron chi connectivity index (χ1n) is 9.27. The molecule has 0 unspecified atom stereocenters. The van der Waals surface area contributed by atoms with Crippen molar-refractivity contribution in [3.05, 3.63) is 60.0 Å². The second-order valence-electron chi connectivity index (χ2n) is 6.38. The summed E-state index contributed by atoms with van der Waals surface area (Å²) in [6.45, 7) is 6.47. The van der Waals surface area contributed by atoms with Crippen molar-refractivity contribution in [2.24, 2.45) is 0 Å². The Morgan fingerprint density at radius 2 is 1.79 bits per heavy atom.